The largest absolute Gasteiger partial charge is 0.573 e. The van der Waals surface area contributed by atoms with Crippen molar-refractivity contribution in [2.24, 2.45) is 0 Å². The van der Waals surface area contributed by atoms with Gasteiger partial charge in [0.15, 0.2) is 0 Å². The molecule has 0 unspecified atom stereocenters. The van der Waals surface area contributed by atoms with E-state index in [1.807, 2.05) is 0 Å². The maximum atomic E-state index is 11.8. The second kappa shape index (κ2) is 3.81. The van der Waals surface area contributed by atoms with E-state index in [1.54, 1.807) is 0 Å². The van der Waals surface area contributed by atoms with Crippen molar-refractivity contribution < 1.29 is 22.6 Å². The van der Waals surface area contributed by atoms with Gasteiger partial charge in [-0.15, -0.1) is 13.2 Å². The molecule has 0 saturated carbocycles. The monoisotopic (exact) mass is 202 g/mol. The van der Waals surface area contributed by atoms with Gasteiger partial charge in [0.1, 0.15) is 19.3 Å². The fourth-order valence-corrected chi connectivity index (χ4v) is 0.889. The lowest BCUT2D eigenvalue weighted by Crippen LogP contribution is -2.18. The van der Waals surface area contributed by atoms with Crippen molar-refractivity contribution >= 4 is 13.3 Å². The molecule has 14 heavy (non-hydrogen) atoms. The Hall–Kier alpha value is -1.33. The minimum absolute atomic E-state index is 0.145. The first-order valence-corrected chi connectivity index (χ1v) is 3.61. The maximum Gasteiger partial charge on any atom is 0.573 e. The number of methoxy groups -OCH3 is 1. The van der Waals surface area contributed by atoms with Crippen LogP contribution < -0.4 is 14.9 Å². The Balaban J connectivity index is 2.90. The van der Waals surface area contributed by atoms with Crippen molar-refractivity contribution in [2.75, 3.05) is 7.11 Å². The van der Waals surface area contributed by atoms with Gasteiger partial charge >= 0.3 is 6.36 Å². The van der Waals surface area contributed by atoms with Crippen LogP contribution in [0.25, 0.3) is 0 Å². The predicted molar refractivity (Wildman–Crippen MR) is 45.1 cm³/mol. The van der Waals surface area contributed by atoms with E-state index in [-0.39, 0.29) is 17.0 Å². The molecule has 0 spiro atoms. The normalized spacial score (nSPS) is 11.1. The van der Waals surface area contributed by atoms with Gasteiger partial charge in [-0.3, -0.25) is 0 Å². The summed E-state index contributed by atoms with van der Waals surface area (Å²) in [6.45, 7) is 0. The average molecular weight is 202 g/mol. The molecular weight excluding hydrogens is 196 g/mol. The Bertz CT molecular complexity index is 325. The Kier molecular flexibility index (Phi) is 2.93. The molecule has 0 saturated heterocycles. The molecule has 0 aromatic heterocycles. The Morgan fingerprint density at radius 2 is 1.93 bits per heavy atom. The Morgan fingerprint density at radius 3 is 2.43 bits per heavy atom. The third-order valence-electron chi connectivity index (χ3n) is 1.44. The van der Waals surface area contributed by atoms with E-state index in [4.69, 9.17) is 12.6 Å². The van der Waals surface area contributed by atoms with E-state index in [1.165, 1.54) is 13.2 Å². The lowest BCUT2D eigenvalue weighted by Gasteiger charge is -2.11. The van der Waals surface area contributed by atoms with Crippen LogP contribution in [0.4, 0.5) is 13.2 Å². The second-order valence-corrected chi connectivity index (χ2v) is 2.45. The molecule has 0 heterocycles. The summed E-state index contributed by atoms with van der Waals surface area (Å²) in [6.07, 6.45) is -4.71. The van der Waals surface area contributed by atoms with Crippen molar-refractivity contribution in [1.29, 1.82) is 0 Å². The molecule has 0 aliphatic heterocycles. The van der Waals surface area contributed by atoms with Crippen molar-refractivity contribution in [3.05, 3.63) is 18.2 Å². The lowest BCUT2D eigenvalue weighted by molar-refractivity contribution is -0.274. The summed E-state index contributed by atoms with van der Waals surface area (Å²) in [5.74, 6) is -0.213. The molecule has 1 aromatic rings. The molecule has 0 bridgehead atoms. The lowest BCUT2D eigenvalue weighted by atomic mass is 9.95. The number of ether oxygens (including phenoxy) is 2. The van der Waals surface area contributed by atoms with Gasteiger partial charge in [0.05, 0.1) is 7.11 Å². The first-order valence-electron chi connectivity index (χ1n) is 3.61. The fourth-order valence-electron chi connectivity index (χ4n) is 0.889. The Labute approximate surface area is 80.0 Å². The van der Waals surface area contributed by atoms with E-state index in [9.17, 15) is 13.2 Å². The van der Waals surface area contributed by atoms with Gasteiger partial charge in [-0.2, -0.15) is 0 Å². The van der Waals surface area contributed by atoms with Crippen LogP contribution in [0.15, 0.2) is 18.2 Å². The smallest absolute Gasteiger partial charge is 0.497 e. The third kappa shape index (κ3) is 2.87. The number of alkyl halides is 3. The molecule has 2 nitrogen and oxygen atoms in total. The van der Waals surface area contributed by atoms with Gasteiger partial charge in [-0.1, -0.05) is 11.5 Å². The van der Waals surface area contributed by atoms with Gasteiger partial charge in [0.2, 0.25) is 0 Å². The van der Waals surface area contributed by atoms with Gasteiger partial charge in [0.25, 0.3) is 0 Å². The SMILES string of the molecule is [B]c1ccc(OC(F)(F)F)cc1OC. The summed E-state index contributed by atoms with van der Waals surface area (Å²) in [4.78, 5) is 0. The minimum atomic E-state index is -4.71. The average Bonchev–Trinajstić information content (AvgIpc) is 2.06. The van der Waals surface area contributed by atoms with E-state index >= 15 is 0 Å². The second-order valence-electron chi connectivity index (χ2n) is 2.45. The van der Waals surface area contributed by atoms with Crippen LogP contribution in [-0.2, 0) is 0 Å². The first-order chi connectivity index (χ1) is 6.42. The molecule has 0 aliphatic rings. The minimum Gasteiger partial charge on any atom is -0.497 e. The highest BCUT2D eigenvalue weighted by Gasteiger charge is 2.31. The van der Waals surface area contributed by atoms with Crippen molar-refractivity contribution in [2.45, 2.75) is 6.36 Å². The summed E-state index contributed by atoms with van der Waals surface area (Å²) >= 11 is 0. The summed E-state index contributed by atoms with van der Waals surface area (Å²) in [5.41, 5.74) is 0.252. The van der Waals surface area contributed by atoms with Crippen molar-refractivity contribution in [1.82, 2.24) is 0 Å². The molecule has 0 atom stereocenters. The van der Waals surface area contributed by atoms with Crippen LogP contribution in [-0.4, -0.2) is 21.3 Å². The number of benzene rings is 1. The summed E-state index contributed by atoms with van der Waals surface area (Å²) in [7, 11) is 6.71. The first kappa shape index (κ1) is 10.8. The number of halogens is 3. The predicted octanol–water partition coefficient (Wildman–Crippen LogP) is 1.39. The highest BCUT2D eigenvalue weighted by atomic mass is 19.4. The topological polar surface area (TPSA) is 18.5 Å². The third-order valence-corrected chi connectivity index (χ3v) is 1.44. The summed E-state index contributed by atoms with van der Waals surface area (Å²) < 4.78 is 43.7. The van der Waals surface area contributed by atoms with Crippen LogP contribution in [0.2, 0.25) is 0 Å². The van der Waals surface area contributed by atoms with Crippen LogP contribution in [0.1, 0.15) is 0 Å². The van der Waals surface area contributed by atoms with Crippen LogP contribution in [0.5, 0.6) is 11.5 Å². The number of hydrogen-bond donors (Lipinski definition) is 0. The van der Waals surface area contributed by atoms with Gasteiger partial charge in [-0.05, 0) is 6.07 Å². The highest BCUT2D eigenvalue weighted by molar-refractivity contribution is 6.34. The van der Waals surface area contributed by atoms with Crippen molar-refractivity contribution in [3.63, 3.8) is 0 Å². The van der Waals surface area contributed by atoms with Crippen molar-refractivity contribution in [3.8, 4) is 11.5 Å². The quantitative estimate of drug-likeness (QED) is 0.674. The molecule has 1 aromatic carbocycles. The van der Waals surface area contributed by atoms with E-state index in [0.717, 1.165) is 12.1 Å². The molecule has 1 rings (SSSR count). The molecule has 0 fully saturated rings. The highest BCUT2D eigenvalue weighted by Crippen LogP contribution is 2.24. The van der Waals surface area contributed by atoms with Gasteiger partial charge < -0.3 is 9.47 Å². The zero-order valence-corrected chi connectivity index (χ0v) is 7.26. The molecule has 74 valence electrons. The van der Waals surface area contributed by atoms with Crippen LogP contribution >= 0.6 is 0 Å². The van der Waals surface area contributed by atoms with Crippen LogP contribution in [0, 0.1) is 0 Å². The molecule has 0 N–H and O–H groups in total. The zero-order chi connectivity index (χ0) is 10.8. The van der Waals surface area contributed by atoms with E-state index < -0.39 is 6.36 Å². The molecule has 6 heteroatoms. The molecule has 0 aliphatic carbocycles. The van der Waals surface area contributed by atoms with Crippen LogP contribution in [0.3, 0.4) is 0 Å². The summed E-state index contributed by atoms with van der Waals surface area (Å²) in [6, 6.07) is 3.47. The zero-order valence-electron chi connectivity index (χ0n) is 7.26. The molecule has 2 radical (unpaired) electrons. The molecular formula is C8H6BF3O2. The standard InChI is InChI=1S/C8H6BF3O2/c1-13-7-4-5(2-3-6(7)9)14-8(10,11)12/h2-4H,1H3. The Morgan fingerprint density at radius 1 is 1.29 bits per heavy atom. The maximum absolute atomic E-state index is 11.8. The van der Waals surface area contributed by atoms with E-state index in [0.29, 0.717) is 0 Å². The van der Waals surface area contributed by atoms with Gasteiger partial charge in [-0.25, -0.2) is 0 Å². The van der Waals surface area contributed by atoms with Gasteiger partial charge in [0, 0.05) is 6.07 Å². The summed E-state index contributed by atoms with van der Waals surface area (Å²) in [5, 5.41) is 0. The fraction of sp³-hybridized carbons (Fsp3) is 0.250. The number of rotatable bonds is 2. The van der Waals surface area contributed by atoms with E-state index in [2.05, 4.69) is 4.74 Å². The molecule has 0 amide bonds. The number of hydrogen-bond acceptors (Lipinski definition) is 2.